The fourth-order valence-corrected chi connectivity index (χ4v) is 3.59. The van der Waals surface area contributed by atoms with Gasteiger partial charge in [-0.25, -0.2) is 4.79 Å². The fourth-order valence-electron chi connectivity index (χ4n) is 3.59. The zero-order chi connectivity index (χ0) is 20.5. The zero-order valence-electron chi connectivity index (χ0n) is 16.6. The molecule has 2 heterocycles. The highest BCUT2D eigenvalue weighted by molar-refractivity contribution is 6.15. The van der Waals surface area contributed by atoms with Crippen molar-refractivity contribution in [2.45, 2.75) is 46.0 Å². The normalized spacial score (nSPS) is 13.5. The average molecular weight is 394 g/mol. The van der Waals surface area contributed by atoms with Crippen LogP contribution in [0.3, 0.4) is 0 Å². The number of carbonyl (C=O) groups is 2. The largest absolute Gasteiger partial charge is 0.461 e. The van der Waals surface area contributed by atoms with E-state index in [9.17, 15) is 9.59 Å². The molecule has 0 atom stereocenters. The molecule has 0 saturated heterocycles. The van der Waals surface area contributed by atoms with E-state index in [1.54, 1.807) is 25.4 Å². The summed E-state index contributed by atoms with van der Waals surface area (Å²) >= 11 is 0. The van der Waals surface area contributed by atoms with E-state index in [-0.39, 0.29) is 29.6 Å². The lowest BCUT2D eigenvalue weighted by Crippen LogP contribution is -2.15. The minimum Gasteiger partial charge on any atom is -0.461 e. The van der Waals surface area contributed by atoms with Crippen LogP contribution in [0.4, 0.5) is 0 Å². The fraction of sp³-hybridized carbons (Fsp3) is 0.381. The molecule has 2 aromatic heterocycles. The molecule has 4 rings (SSSR count). The van der Waals surface area contributed by atoms with Crippen molar-refractivity contribution in [1.82, 2.24) is 20.2 Å². The Balaban J connectivity index is 1.82. The molecule has 0 amide bonds. The Morgan fingerprint density at radius 1 is 1.21 bits per heavy atom. The molecule has 8 heteroatoms. The van der Waals surface area contributed by atoms with Crippen LogP contribution in [0.1, 0.15) is 75.9 Å². The summed E-state index contributed by atoms with van der Waals surface area (Å²) in [6, 6.07) is 3.57. The molecule has 0 N–H and O–H groups in total. The Bertz CT molecular complexity index is 1060. The van der Waals surface area contributed by atoms with Crippen molar-refractivity contribution in [1.29, 1.82) is 0 Å². The molecule has 150 valence electrons. The maximum Gasteiger partial charge on any atom is 0.361 e. The van der Waals surface area contributed by atoms with Gasteiger partial charge in [-0.3, -0.25) is 4.79 Å². The Morgan fingerprint density at radius 3 is 2.55 bits per heavy atom. The van der Waals surface area contributed by atoms with Crippen molar-refractivity contribution < 1.29 is 18.8 Å². The molecule has 0 radical (unpaired) electrons. The number of hydrogen-bond donors (Lipinski definition) is 0. The number of ether oxygens (including phenoxy) is 1. The van der Waals surface area contributed by atoms with Gasteiger partial charge >= 0.3 is 5.97 Å². The third kappa shape index (κ3) is 3.35. The van der Waals surface area contributed by atoms with Crippen molar-refractivity contribution in [2.24, 2.45) is 0 Å². The first-order chi connectivity index (χ1) is 14.1. The molecular weight excluding hydrogens is 372 g/mol. The van der Waals surface area contributed by atoms with E-state index in [2.05, 4.69) is 15.4 Å². The SMILES string of the molecule is CCOC(=O)c1noc(C2CC2)c1C(=O)c1ccc(-n2nccn2)c(C)c1CC. The molecule has 1 saturated carbocycles. The summed E-state index contributed by atoms with van der Waals surface area (Å²) in [6.07, 6.45) is 5.69. The molecule has 0 bridgehead atoms. The van der Waals surface area contributed by atoms with Crippen molar-refractivity contribution >= 4 is 11.8 Å². The predicted octanol–water partition coefficient (Wildman–Crippen LogP) is 3.41. The number of nitrogens with zero attached hydrogens (tertiary/aromatic N) is 4. The van der Waals surface area contributed by atoms with E-state index < -0.39 is 5.97 Å². The monoisotopic (exact) mass is 394 g/mol. The molecular formula is C21H22N4O4. The Kier molecular flexibility index (Phi) is 5.00. The molecule has 1 aromatic carbocycles. The quantitative estimate of drug-likeness (QED) is 0.447. The van der Waals surface area contributed by atoms with Crippen molar-refractivity contribution in [2.75, 3.05) is 6.61 Å². The van der Waals surface area contributed by atoms with E-state index >= 15 is 0 Å². The third-order valence-corrected chi connectivity index (χ3v) is 5.16. The summed E-state index contributed by atoms with van der Waals surface area (Å²) < 4.78 is 10.5. The smallest absolute Gasteiger partial charge is 0.361 e. The summed E-state index contributed by atoms with van der Waals surface area (Å²) in [6.45, 7) is 5.84. The van der Waals surface area contributed by atoms with Gasteiger partial charge in [0.15, 0.2) is 11.5 Å². The first-order valence-electron chi connectivity index (χ1n) is 9.77. The molecule has 0 unspecified atom stereocenters. The molecule has 29 heavy (non-hydrogen) atoms. The van der Waals surface area contributed by atoms with E-state index in [1.807, 2.05) is 19.9 Å². The van der Waals surface area contributed by atoms with Gasteiger partial charge in [0.1, 0.15) is 5.56 Å². The van der Waals surface area contributed by atoms with Crippen LogP contribution in [-0.2, 0) is 11.2 Å². The molecule has 3 aromatic rings. The first-order valence-corrected chi connectivity index (χ1v) is 9.77. The van der Waals surface area contributed by atoms with E-state index in [0.717, 1.165) is 29.7 Å². The number of ketones is 1. The van der Waals surface area contributed by atoms with E-state index in [4.69, 9.17) is 9.26 Å². The number of aromatic nitrogens is 4. The standard InChI is InChI=1S/C21H22N4O4/c1-4-14-12(3)16(25-22-10-11-23-25)9-8-15(14)19(26)17-18(21(27)28-5-2)24-29-20(17)13-6-7-13/h8-11,13H,4-7H2,1-3H3. The lowest BCUT2D eigenvalue weighted by Gasteiger charge is -2.14. The topological polar surface area (TPSA) is 100 Å². The highest BCUT2D eigenvalue weighted by atomic mass is 16.5. The van der Waals surface area contributed by atoms with Gasteiger partial charge in [0.25, 0.3) is 0 Å². The summed E-state index contributed by atoms with van der Waals surface area (Å²) in [5.41, 5.74) is 3.30. The first kappa shape index (κ1) is 19.0. The van der Waals surface area contributed by atoms with Crippen molar-refractivity contribution in [3.05, 3.63) is 58.2 Å². The Labute approximate surface area is 167 Å². The third-order valence-electron chi connectivity index (χ3n) is 5.16. The maximum absolute atomic E-state index is 13.6. The van der Waals surface area contributed by atoms with Gasteiger partial charge in [0.05, 0.1) is 24.7 Å². The van der Waals surface area contributed by atoms with Crippen LogP contribution >= 0.6 is 0 Å². The maximum atomic E-state index is 13.6. The van der Waals surface area contributed by atoms with Gasteiger partial charge in [-0.05, 0) is 56.4 Å². The van der Waals surface area contributed by atoms with Gasteiger partial charge in [-0.1, -0.05) is 12.1 Å². The summed E-state index contributed by atoms with van der Waals surface area (Å²) in [5, 5.41) is 12.3. The highest BCUT2D eigenvalue weighted by Gasteiger charge is 2.38. The van der Waals surface area contributed by atoms with Gasteiger partial charge in [-0.15, -0.1) is 0 Å². The van der Waals surface area contributed by atoms with Gasteiger partial charge in [0, 0.05) is 11.5 Å². The zero-order valence-corrected chi connectivity index (χ0v) is 16.6. The van der Waals surface area contributed by atoms with Gasteiger partial charge < -0.3 is 9.26 Å². The summed E-state index contributed by atoms with van der Waals surface area (Å²) in [5.74, 6) is -0.298. The predicted molar refractivity (Wildman–Crippen MR) is 103 cm³/mol. The minimum atomic E-state index is -0.640. The molecule has 0 aliphatic heterocycles. The number of esters is 1. The molecule has 1 fully saturated rings. The van der Waals surface area contributed by atoms with Crippen LogP contribution in [0.5, 0.6) is 0 Å². The van der Waals surface area contributed by atoms with E-state index in [1.165, 1.54) is 4.80 Å². The van der Waals surface area contributed by atoms with Crippen molar-refractivity contribution in [3.63, 3.8) is 0 Å². The summed E-state index contributed by atoms with van der Waals surface area (Å²) in [4.78, 5) is 27.5. The van der Waals surface area contributed by atoms with Crippen molar-refractivity contribution in [3.8, 4) is 5.69 Å². The molecule has 8 nitrogen and oxygen atoms in total. The van der Waals surface area contributed by atoms with Gasteiger partial charge in [0.2, 0.25) is 5.69 Å². The van der Waals surface area contributed by atoms with Crippen LogP contribution in [0.25, 0.3) is 5.69 Å². The van der Waals surface area contributed by atoms with Crippen LogP contribution in [0.2, 0.25) is 0 Å². The average Bonchev–Trinajstić information content (AvgIpc) is 3.24. The number of hydrogen-bond acceptors (Lipinski definition) is 7. The molecule has 1 aliphatic rings. The second-order valence-electron chi connectivity index (χ2n) is 7.00. The lowest BCUT2D eigenvalue weighted by molar-refractivity contribution is 0.0512. The van der Waals surface area contributed by atoms with E-state index in [0.29, 0.717) is 17.7 Å². The van der Waals surface area contributed by atoms with Crippen LogP contribution < -0.4 is 0 Å². The second-order valence-corrected chi connectivity index (χ2v) is 7.00. The molecule has 1 aliphatic carbocycles. The van der Waals surface area contributed by atoms with Crippen LogP contribution in [0.15, 0.2) is 29.0 Å². The Morgan fingerprint density at radius 2 is 1.93 bits per heavy atom. The number of rotatable bonds is 7. The minimum absolute atomic E-state index is 0.0451. The number of benzene rings is 1. The Hall–Kier alpha value is -3.29. The highest BCUT2D eigenvalue weighted by Crippen LogP contribution is 2.43. The summed E-state index contributed by atoms with van der Waals surface area (Å²) in [7, 11) is 0. The molecule has 0 spiro atoms. The number of carbonyl (C=O) groups excluding carboxylic acids is 2. The second kappa shape index (κ2) is 7.62. The lowest BCUT2D eigenvalue weighted by atomic mass is 9.91. The van der Waals surface area contributed by atoms with Crippen LogP contribution in [-0.4, -0.2) is 38.5 Å². The van der Waals surface area contributed by atoms with Gasteiger partial charge in [-0.2, -0.15) is 15.0 Å². The van der Waals surface area contributed by atoms with Crippen LogP contribution in [0, 0.1) is 6.92 Å².